The Morgan fingerprint density at radius 3 is 2.85 bits per heavy atom. The lowest BCUT2D eigenvalue weighted by Crippen LogP contribution is -2.31. The summed E-state index contributed by atoms with van der Waals surface area (Å²) in [7, 11) is 0. The summed E-state index contributed by atoms with van der Waals surface area (Å²) in [5.74, 6) is -0.569. The second kappa shape index (κ2) is 5.43. The molecule has 1 aromatic heterocycles. The topological polar surface area (TPSA) is 69.2 Å². The Balaban J connectivity index is 2.19. The summed E-state index contributed by atoms with van der Waals surface area (Å²) in [5, 5.41) is 14.6. The van der Waals surface area contributed by atoms with Crippen molar-refractivity contribution in [2.75, 3.05) is 19.7 Å². The Morgan fingerprint density at radius 1 is 1.55 bits per heavy atom. The van der Waals surface area contributed by atoms with E-state index in [0.717, 1.165) is 0 Å². The van der Waals surface area contributed by atoms with Crippen molar-refractivity contribution in [3.63, 3.8) is 0 Å². The molecule has 1 amide bonds. The molecule has 2 heterocycles. The first-order valence-corrected chi connectivity index (χ1v) is 6.37. The number of aliphatic hydroxyl groups excluding tert-OH is 1. The summed E-state index contributed by atoms with van der Waals surface area (Å²) in [5.41, 5.74) is -1.72. The molecule has 8 heteroatoms. The minimum absolute atomic E-state index is 0.0159. The van der Waals surface area contributed by atoms with E-state index in [4.69, 9.17) is 5.11 Å². The summed E-state index contributed by atoms with van der Waals surface area (Å²) >= 11 is 0. The number of aliphatic hydroxyl groups is 1. The maximum atomic E-state index is 12.9. The van der Waals surface area contributed by atoms with E-state index >= 15 is 0 Å². The van der Waals surface area contributed by atoms with Gasteiger partial charge in [0.15, 0.2) is 5.69 Å². The van der Waals surface area contributed by atoms with E-state index in [2.05, 4.69) is 10.2 Å². The summed E-state index contributed by atoms with van der Waals surface area (Å²) in [6.07, 6.45) is -3.36. The average molecular weight is 291 g/mol. The number of nitrogens with one attached hydrogen (secondary N) is 1. The highest BCUT2D eigenvalue weighted by Crippen LogP contribution is 2.34. The van der Waals surface area contributed by atoms with Crippen LogP contribution in [0.15, 0.2) is 0 Å². The number of alkyl halides is 3. The van der Waals surface area contributed by atoms with Crippen LogP contribution in [0.4, 0.5) is 13.2 Å². The van der Waals surface area contributed by atoms with Crippen LogP contribution in [-0.2, 0) is 6.18 Å². The molecule has 0 saturated carbocycles. The number of rotatable bonds is 3. The third kappa shape index (κ3) is 2.79. The zero-order chi connectivity index (χ0) is 14.9. The highest BCUT2D eigenvalue weighted by molar-refractivity contribution is 5.94. The van der Waals surface area contributed by atoms with Gasteiger partial charge in [0.25, 0.3) is 5.91 Å². The molecule has 0 aromatic carbocycles. The molecule has 5 nitrogen and oxygen atoms in total. The molecule has 1 unspecified atom stereocenters. The van der Waals surface area contributed by atoms with Crippen LogP contribution in [0.2, 0.25) is 0 Å². The minimum Gasteiger partial charge on any atom is -0.396 e. The van der Waals surface area contributed by atoms with Crippen LogP contribution in [-0.4, -0.2) is 45.8 Å². The van der Waals surface area contributed by atoms with Crippen LogP contribution in [0.25, 0.3) is 0 Å². The molecule has 20 heavy (non-hydrogen) atoms. The predicted molar refractivity (Wildman–Crippen MR) is 64.0 cm³/mol. The summed E-state index contributed by atoms with van der Waals surface area (Å²) < 4.78 is 38.8. The van der Waals surface area contributed by atoms with E-state index < -0.39 is 23.3 Å². The maximum Gasteiger partial charge on any atom is 0.420 e. The van der Waals surface area contributed by atoms with Crippen molar-refractivity contribution >= 4 is 5.91 Å². The summed E-state index contributed by atoms with van der Waals surface area (Å²) in [4.78, 5) is 13.5. The van der Waals surface area contributed by atoms with E-state index in [1.165, 1.54) is 11.8 Å². The lowest BCUT2D eigenvalue weighted by Gasteiger charge is -2.16. The standard InChI is InChI=1S/C12H16F3N3O2/c1-7-9(12(13,14)15)10(17-16-7)11(20)18-4-2-8(6-18)3-5-19/h8,19H,2-6H2,1H3,(H,16,17). The molecule has 0 aliphatic carbocycles. The molecular weight excluding hydrogens is 275 g/mol. The molecule has 1 fully saturated rings. The fourth-order valence-electron chi connectivity index (χ4n) is 2.52. The molecule has 1 atom stereocenters. The lowest BCUT2D eigenvalue weighted by molar-refractivity contribution is -0.138. The van der Waals surface area contributed by atoms with Gasteiger partial charge in [0.2, 0.25) is 0 Å². The monoisotopic (exact) mass is 291 g/mol. The number of amides is 1. The zero-order valence-electron chi connectivity index (χ0n) is 11.0. The smallest absolute Gasteiger partial charge is 0.396 e. The third-order valence-corrected chi connectivity index (χ3v) is 3.54. The lowest BCUT2D eigenvalue weighted by atomic mass is 10.1. The van der Waals surface area contributed by atoms with Crippen molar-refractivity contribution in [2.45, 2.75) is 25.9 Å². The fraction of sp³-hybridized carbons (Fsp3) is 0.667. The average Bonchev–Trinajstić information content (AvgIpc) is 2.94. The number of aromatic amines is 1. The van der Waals surface area contributed by atoms with Crippen LogP contribution in [0.3, 0.4) is 0 Å². The van der Waals surface area contributed by atoms with Gasteiger partial charge in [-0.3, -0.25) is 9.89 Å². The predicted octanol–water partition coefficient (Wildman–Crippen LogP) is 1.58. The Labute approximate surface area is 113 Å². The number of carbonyl (C=O) groups excluding carboxylic acids is 1. The number of hydrogen-bond acceptors (Lipinski definition) is 3. The number of H-pyrrole nitrogens is 1. The van der Waals surface area contributed by atoms with Crippen LogP contribution >= 0.6 is 0 Å². The molecule has 1 saturated heterocycles. The number of aryl methyl sites for hydroxylation is 1. The first-order valence-electron chi connectivity index (χ1n) is 6.37. The van der Waals surface area contributed by atoms with E-state index in [0.29, 0.717) is 25.9 Å². The number of nitrogens with zero attached hydrogens (tertiary/aromatic N) is 2. The van der Waals surface area contributed by atoms with Gasteiger partial charge in [0, 0.05) is 25.4 Å². The van der Waals surface area contributed by atoms with Crippen LogP contribution in [0, 0.1) is 12.8 Å². The Kier molecular flexibility index (Phi) is 4.03. The van der Waals surface area contributed by atoms with Crippen molar-refractivity contribution in [1.29, 1.82) is 0 Å². The van der Waals surface area contributed by atoms with E-state index in [9.17, 15) is 18.0 Å². The van der Waals surface area contributed by atoms with Gasteiger partial charge in [-0.15, -0.1) is 0 Å². The van der Waals surface area contributed by atoms with Gasteiger partial charge >= 0.3 is 6.18 Å². The second-order valence-corrected chi connectivity index (χ2v) is 4.99. The molecule has 2 rings (SSSR count). The van der Waals surface area contributed by atoms with E-state index in [-0.39, 0.29) is 18.2 Å². The molecule has 1 aliphatic heterocycles. The minimum atomic E-state index is -4.60. The van der Waals surface area contributed by atoms with E-state index in [1.807, 2.05) is 0 Å². The molecule has 1 aromatic rings. The second-order valence-electron chi connectivity index (χ2n) is 4.99. The number of aromatic nitrogens is 2. The Hall–Kier alpha value is -1.57. The number of carbonyl (C=O) groups is 1. The van der Waals surface area contributed by atoms with Crippen molar-refractivity contribution in [2.24, 2.45) is 5.92 Å². The van der Waals surface area contributed by atoms with Crippen molar-refractivity contribution in [3.05, 3.63) is 17.0 Å². The van der Waals surface area contributed by atoms with Gasteiger partial charge in [-0.25, -0.2) is 0 Å². The largest absolute Gasteiger partial charge is 0.420 e. The molecule has 1 aliphatic rings. The summed E-state index contributed by atoms with van der Waals surface area (Å²) in [6.45, 7) is 2.02. The molecule has 0 bridgehead atoms. The highest BCUT2D eigenvalue weighted by atomic mass is 19.4. The summed E-state index contributed by atoms with van der Waals surface area (Å²) in [6, 6.07) is 0. The van der Waals surface area contributed by atoms with Gasteiger partial charge in [0.1, 0.15) is 5.56 Å². The van der Waals surface area contributed by atoms with Crippen molar-refractivity contribution in [3.8, 4) is 0 Å². The molecule has 112 valence electrons. The Bertz CT molecular complexity index is 499. The molecule has 0 spiro atoms. The maximum absolute atomic E-state index is 12.9. The number of halogens is 3. The van der Waals surface area contributed by atoms with Crippen molar-refractivity contribution in [1.82, 2.24) is 15.1 Å². The van der Waals surface area contributed by atoms with Crippen LogP contribution in [0.5, 0.6) is 0 Å². The van der Waals surface area contributed by atoms with Gasteiger partial charge in [-0.2, -0.15) is 18.3 Å². The first-order chi connectivity index (χ1) is 9.34. The Morgan fingerprint density at radius 2 is 2.25 bits per heavy atom. The van der Waals surface area contributed by atoms with Gasteiger partial charge < -0.3 is 10.0 Å². The molecule has 2 N–H and O–H groups in total. The van der Waals surface area contributed by atoms with Gasteiger partial charge in [0.05, 0.1) is 0 Å². The van der Waals surface area contributed by atoms with Gasteiger partial charge in [-0.05, 0) is 25.7 Å². The molecular formula is C12H16F3N3O2. The third-order valence-electron chi connectivity index (χ3n) is 3.54. The first kappa shape index (κ1) is 14.8. The SMILES string of the molecule is Cc1[nH]nc(C(=O)N2CCC(CCO)C2)c1C(F)(F)F. The van der Waals surface area contributed by atoms with E-state index in [1.54, 1.807) is 0 Å². The van der Waals surface area contributed by atoms with Crippen LogP contribution < -0.4 is 0 Å². The highest BCUT2D eigenvalue weighted by Gasteiger charge is 2.41. The van der Waals surface area contributed by atoms with Crippen LogP contribution in [0.1, 0.15) is 34.6 Å². The molecule has 0 radical (unpaired) electrons. The number of hydrogen-bond donors (Lipinski definition) is 2. The number of likely N-dealkylation sites (tertiary alicyclic amines) is 1. The van der Waals surface area contributed by atoms with Crippen molar-refractivity contribution < 1.29 is 23.1 Å². The van der Waals surface area contributed by atoms with Gasteiger partial charge in [-0.1, -0.05) is 0 Å². The zero-order valence-corrected chi connectivity index (χ0v) is 11.0. The fourth-order valence-corrected chi connectivity index (χ4v) is 2.52. The normalized spacial score (nSPS) is 19.6. The quantitative estimate of drug-likeness (QED) is 0.888.